The highest BCUT2D eigenvalue weighted by Crippen LogP contribution is 2.14. The van der Waals surface area contributed by atoms with Crippen LogP contribution >= 0.6 is 15.9 Å². The van der Waals surface area contributed by atoms with E-state index in [0.29, 0.717) is 5.70 Å². The maximum Gasteiger partial charge on any atom is 0.334 e. The first kappa shape index (κ1) is 12.7. The Balaban J connectivity index is 2.41. The van der Waals surface area contributed by atoms with E-state index in [-0.39, 0.29) is 6.61 Å². The highest BCUT2D eigenvalue weighted by atomic mass is 79.9. The van der Waals surface area contributed by atoms with E-state index in [1.165, 1.54) is 7.11 Å². The van der Waals surface area contributed by atoms with Gasteiger partial charge in [0.25, 0.3) is 0 Å². The van der Waals surface area contributed by atoms with Crippen LogP contribution in [0.2, 0.25) is 0 Å². The summed E-state index contributed by atoms with van der Waals surface area (Å²) in [6.45, 7) is 3.61. The van der Waals surface area contributed by atoms with Gasteiger partial charge in [-0.1, -0.05) is 34.6 Å². The Bertz CT molecular complexity index is 375. The lowest BCUT2D eigenvalue weighted by Gasteiger charge is -2.08. The van der Waals surface area contributed by atoms with Crippen molar-refractivity contribution in [3.8, 4) is 0 Å². The van der Waals surface area contributed by atoms with Crippen LogP contribution in [0.5, 0.6) is 0 Å². The lowest BCUT2D eigenvalue weighted by Crippen LogP contribution is -2.19. The number of rotatable bonds is 5. The molecule has 16 heavy (non-hydrogen) atoms. The minimum absolute atomic E-state index is 0.161. The minimum atomic E-state index is -0.448. The van der Waals surface area contributed by atoms with Crippen molar-refractivity contribution in [3.63, 3.8) is 0 Å². The van der Waals surface area contributed by atoms with E-state index in [9.17, 15) is 4.79 Å². The zero-order chi connectivity index (χ0) is 12.0. The third-order valence-electron chi connectivity index (χ3n) is 1.81. The predicted molar refractivity (Wildman–Crippen MR) is 64.3 cm³/mol. The molecule has 0 atom stereocenters. The molecule has 0 saturated heterocycles. The summed E-state index contributed by atoms with van der Waals surface area (Å²) in [6, 6.07) is 7.53. The van der Waals surface area contributed by atoms with Gasteiger partial charge >= 0.3 is 5.97 Å². The van der Waals surface area contributed by atoms with Crippen LogP contribution in [0.3, 0.4) is 0 Å². The highest BCUT2D eigenvalue weighted by molar-refractivity contribution is 9.10. The molecule has 0 bridgehead atoms. The van der Waals surface area contributed by atoms with Crippen molar-refractivity contribution in [2.45, 2.75) is 0 Å². The Labute approximate surface area is 102 Å². The monoisotopic (exact) mass is 285 g/mol. The second-order valence-electron chi connectivity index (χ2n) is 2.95. The summed E-state index contributed by atoms with van der Waals surface area (Å²) in [5.41, 5.74) is 4.04. The van der Waals surface area contributed by atoms with Gasteiger partial charge in [0.15, 0.2) is 6.61 Å². The topological polar surface area (TPSA) is 47.6 Å². The summed E-state index contributed by atoms with van der Waals surface area (Å²) < 4.78 is 5.40. The van der Waals surface area contributed by atoms with Crippen molar-refractivity contribution < 1.29 is 14.4 Å². The van der Waals surface area contributed by atoms with Crippen molar-refractivity contribution in [1.82, 2.24) is 5.48 Å². The van der Waals surface area contributed by atoms with Crippen LogP contribution in [0.25, 0.3) is 5.70 Å². The second-order valence-corrected chi connectivity index (χ2v) is 3.87. The third kappa shape index (κ3) is 4.04. The highest BCUT2D eigenvalue weighted by Gasteiger charge is 2.02. The van der Waals surface area contributed by atoms with Crippen LogP contribution in [-0.4, -0.2) is 19.7 Å². The van der Waals surface area contributed by atoms with E-state index in [4.69, 9.17) is 4.84 Å². The fourth-order valence-corrected chi connectivity index (χ4v) is 1.22. The Kier molecular flexibility index (Phi) is 5.01. The van der Waals surface area contributed by atoms with Crippen LogP contribution in [0.1, 0.15) is 5.56 Å². The quantitative estimate of drug-likeness (QED) is 0.665. The molecule has 0 amide bonds. The van der Waals surface area contributed by atoms with Gasteiger partial charge in [-0.2, -0.15) is 0 Å². The van der Waals surface area contributed by atoms with Gasteiger partial charge < -0.3 is 4.74 Å². The SMILES string of the molecule is C=C(NOCC(=O)OC)c1ccc(Br)cc1. The van der Waals surface area contributed by atoms with Crippen LogP contribution in [0, 0.1) is 0 Å². The van der Waals surface area contributed by atoms with Gasteiger partial charge in [-0.05, 0) is 17.7 Å². The van der Waals surface area contributed by atoms with Crippen LogP contribution in [-0.2, 0) is 14.4 Å². The zero-order valence-electron chi connectivity index (χ0n) is 8.83. The zero-order valence-corrected chi connectivity index (χ0v) is 10.4. The molecule has 0 saturated carbocycles. The Hall–Kier alpha value is -1.33. The first-order chi connectivity index (χ1) is 7.63. The molecule has 1 aromatic carbocycles. The first-order valence-corrected chi connectivity index (χ1v) is 5.32. The number of nitrogens with one attached hydrogen (secondary N) is 1. The van der Waals surface area contributed by atoms with E-state index < -0.39 is 5.97 Å². The van der Waals surface area contributed by atoms with E-state index >= 15 is 0 Å². The minimum Gasteiger partial charge on any atom is -0.467 e. The first-order valence-electron chi connectivity index (χ1n) is 4.53. The Morgan fingerprint density at radius 2 is 2.06 bits per heavy atom. The molecule has 0 aliphatic carbocycles. The molecule has 86 valence electrons. The molecule has 5 heteroatoms. The number of esters is 1. The molecule has 1 aromatic rings. The Morgan fingerprint density at radius 1 is 1.44 bits per heavy atom. The van der Waals surface area contributed by atoms with Crippen molar-refractivity contribution in [2.75, 3.05) is 13.7 Å². The lowest BCUT2D eigenvalue weighted by atomic mass is 10.2. The molecule has 0 aliphatic rings. The number of carbonyl (C=O) groups is 1. The molecule has 0 unspecified atom stereocenters. The standard InChI is InChI=1S/C11H12BrNO3/c1-8(13-16-7-11(14)15-2)9-3-5-10(12)6-4-9/h3-6,13H,1,7H2,2H3. The van der Waals surface area contributed by atoms with Crippen LogP contribution in [0.15, 0.2) is 35.3 Å². The smallest absolute Gasteiger partial charge is 0.334 e. The van der Waals surface area contributed by atoms with E-state index in [0.717, 1.165) is 10.0 Å². The molecule has 1 rings (SSSR count). The van der Waals surface area contributed by atoms with Crippen molar-refractivity contribution in [1.29, 1.82) is 0 Å². The molecule has 0 aromatic heterocycles. The number of hydrogen-bond donors (Lipinski definition) is 1. The maximum absolute atomic E-state index is 10.8. The molecular weight excluding hydrogens is 274 g/mol. The fourth-order valence-electron chi connectivity index (χ4n) is 0.951. The molecule has 0 aliphatic heterocycles. The number of ether oxygens (including phenoxy) is 1. The van der Waals surface area contributed by atoms with Crippen molar-refractivity contribution in [2.24, 2.45) is 0 Å². The van der Waals surface area contributed by atoms with Crippen LogP contribution in [0.4, 0.5) is 0 Å². The van der Waals surface area contributed by atoms with E-state index in [1.54, 1.807) is 0 Å². The third-order valence-corrected chi connectivity index (χ3v) is 2.33. The summed E-state index contributed by atoms with van der Waals surface area (Å²) >= 11 is 3.33. The van der Waals surface area contributed by atoms with Gasteiger partial charge in [0.2, 0.25) is 0 Å². The number of hydrogen-bond acceptors (Lipinski definition) is 4. The summed E-state index contributed by atoms with van der Waals surface area (Å²) in [4.78, 5) is 15.6. The van der Waals surface area contributed by atoms with E-state index in [1.807, 2.05) is 24.3 Å². The molecule has 0 heterocycles. The number of benzene rings is 1. The average Bonchev–Trinajstić information content (AvgIpc) is 2.29. The molecule has 1 N–H and O–H groups in total. The van der Waals surface area contributed by atoms with Gasteiger partial charge in [0.1, 0.15) is 0 Å². The van der Waals surface area contributed by atoms with Crippen LogP contribution < -0.4 is 5.48 Å². The van der Waals surface area contributed by atoms with Gasteiger partial charge in [0, 0.05) is 4.47 Å². The maximum atomic E-state index is 10.8. The van der Waals surface area contributed by atoms with Gasteiger partial charge in [-0.25, -0.2) is 4.79 Å². The van der Waals surface area contributed by atoms with Crippen molar-refractivity contribution in [3.05, 3.63) is 40.9 Å². The van der Waals surface area contributed by atoms with Gasteiger partial charge in [-0.3, -0.25) is 10.3 Å². The number of halogens is 1. The number of methoxy groups -OCH3 is 1. The predicted octanol–water partition coefficient (Wildman–Crippen LogP) is 2.11. The number of carbonyl (C=O) groups excluding carboxylic acids is 1. The lowest BCUT2D eigenvalue weighted by molar-refractivity contribution is -0.147. The van der Waals surface area contributed by atoms with Gasteiger partial charge in [-0.15, -0.1) is 0 Å². The normalized spacial score (nSPS) is 9.62. The molecule has 0 radical (unpaired) electrons. The summed E-state index contributed by atoms with van der Waals surface area (Å²) in [7, 11) is 1.30. The average molecular weight is 286 g/mol. The van der Waals surface area contributed by atoms with Crippen molar-refractivity contribution >= 4 is 27.6 Å². The molecule has 0 fully saturated rings. The number of hydroxylamine groups is 1. The second kappa shape index (κ2) is 6.30. The summed E-state index contributed by atoms with van der Waals surface area (Å²) in [6.07, 6.45) is 0. The van der Waals surface area contributed by atoms with Gasteiger partial charge in [0.05, 0.1) is 12.8 Å². The largest absolute Gasteiger partial charge is 0.467 e. The molecule has 4 nitrogen and oxygen atoms in total. The fraction of sp³-hybridized carbons (Fsp3) is 0.182. The summed E-state index contributed by atoms with van der Waals surface area (Å²) in [5.74, 6) is -0.448. The van der Waals surface area contributed by atoms with E-state index in [2.05, 4.69) is 32.7 Å². The Morgan fingerprint density at radius 3 is 2.62 bits per heavy atom. The molecule has 0 spiro atoms. The summed E-state index contributed by atoms with van der Waals surface area (Å²) in [5, 5.41) is 0. The molecular formula is C11H12BrNO3.